The number of carboxylic acids is 1. The molecule has 4 nitrogen and oxygen atoms in total. The average molecular weight is 241 g/mol. The minimum absolute atomic E-state index is 0.000644. The molecular formula is C13H23NO3. The van der Waals surface area contributed by atoms with Gasteiger partial charge in [0.15, 0.2) is 0 Å². The van der Waals surface area contributed by atoms with E-state index < -0.39 is 12.0 Å². The smallest absolute Gasteiger partial charge is 0.326 e. The van der Waals surface area contributed by atoms with Crippen molar-refractivity contribution in [2.75, 3.05) is 0 Å². The predicted octanol–water partition coefficient (Wildman–Crippen LogP) is 2.18. The Morgan fingerprint density at radius 2 is 2.12 bits per heavy atom. The monoisotopic (exact) mass is 241 g/mol. The number of hydrogen-bond acceptors (Lipinski definition) is 2. The summed E-state index contributed by atoms with van der Waals surface area (Å²) >= 11 is 0. The molecule has 0 aromatic rings. The third kappa shape index (κ3) is 3.45. The molecule has 0 aliphatic heterocycles. The van der Waals surface area contributed by atoms with Crippen LogP contribution in [0, 0.1) is 11.3 Å². The summed E-state index contributed by atoms with van der Waals surface area (Å²) in [4.78, 5) is 23.1. The quantitative estimate of drug-likeness (QED) is 0.775. The maximum atomic E-state index is 12.1. The van der Waals surface area contributed by atoms with Crippen LogP contribution in [0.1, 0.15) is 52.9 Å². The molecule has 0 spiro atoms. The fourth-order valence-electron chi connectivity index (χ4n) is 2.63. The van der Waals surface area contributed by atoms with Crippen LogP contribution in [-0.4, -0.2) is 23.0 Å². The van der Waals surface area contributed by atoms with Crippen molar-refractivity contribution in [3.8, 4) is 0 Å². The second-order valence-electron chi connectivity index (χ2n) is 5.62. The van der Waals surface area contributed by atoms with Crippen LogP contribution in [-0.2, 0) is 9.59 Å². The van der Waals surface area contributed by atoms with Gasteiger partial charge in [0, 0.05) is 5.92 Å². The van der Waals surface area contributed by atoms with Gasteiger partial charge in [-0.05, 0) is 24.7 Å². The van der Waals surface area contributed by atoms with Gasteiger partial charge in [0.2, 0.25) is 5.91 Å². The minimum Gasteiger partial charge on any atom is -0.480 e. The number of nitrogens with one attached hydrogen (secondary N) is 1. The molecule has 1 unspecified atom stereocenters. The van der Waals surface area contributed by atoms with Gasteiger partial charge in [0.05, 0.1) is 0 Å². The van der Waals surface area contributed by atoms with Crippen molar-refractivity contribution in [3.63, 3.8) is 0 Å². The predicted molar refractivity (Wildman–Crippen MR) is 65.6 cm³/mol. The molecule has 1 fully saturated rings. The Bertz CT molecular complexity index is 299. The maximum absolute atomic E-state index is 12.1. The zero-order valence-corrected chi connectivity index (χ0v) is 11.0. The summed E-state index contributed by atoms with van der Waals surface area (Å²) < 4.78 is 0. The molecule has 0 radical (unpaired) electrons. The second kappa shape index (κ2) is 5.52. The highest BCUT2D eigenvalue weighted by molar-refractivity contribution is 5.85. The molecule has 1 aliphatic rings. The van der Waals surface area contributed by atoms with Crippen LogP contribution >= 0.6 is 0 Å². The molecule has 0 bridgehead atoms. The van der Waals surface area contributed by atoms with Crippen LogP contribution in [0.4, 0.5) is 0 Å². The molecule has 0 heterocycles. The number of carbonyl (C=O) groups excluding carboxylic acids is 1. The second-order valence-corrected chi connectivity index (χ2v) is 5.62. The van der Waals surface area contributed by atoms with Crippen molar-refractivity contribution < 1.29 is 14.7 Å². The van der Waals surface area contributed by atoms with E-state index in [2.05, 4.69) is 19.2 Å². The topological polar surface area (TPSA) is 66.4 Å². The minimum atomic E-state index is -0.934. The SMILES string of the molecule is CCC[C@@H](NC(=O)C1CCCC1(C)C)C(=O)O. The number of amides is 1. The van der Waals surface area contributed by atoms with Gasteiger partial charge in [-0.2, -0.15) is 0 Å². The van der Waals surface area contributed by atoms with E-state index in [1.807, 2.05) is 6.92 Å². The molecule has 4 heteroatoms. The van der Waals surface area contributed by atoms with Crippen LogP contribution in [0.2, 0.25) is 0 Å². The molecule has 0 saturated heterocycles. The number of rotatable bonds is 5. The normalized spacial score (nSPS) is 24.3. The molecule has 17 heavy (non-hydrogen) atoms. The Morgan fingerprint density at radius 3 is 2.53 bits per heavy atom. The highest BCUT2D eigenvalue weighted by atomic mass is 16.4. The summed E-state index contributed by atoms with van der Waals surface area (Å²) in [6.07, 6.45) is 4.21. The lowest BCUT2D eigenvalue weighted by Crippen LogP contribution is -2.45. The summed E-state index contributed by atoms with van der Waals surface area (Å²) in [5, 5.41) is 11.7. The molecule has 2 N–H and O–H groups in total. The van der Waals surface area contributed by atoms with E-state index >= 15 is 0 Å². The molecule has 2 atom stereocenters. The molecule has 1 saturated carbocycles. The Labute approximate surface area is 103 Å². The van der Waals surface area contributed by atoms with E-state index in [1.54, 1.807) is 0 Å². The van der Waals surface area contributed by atoms with Crippen LogP contribution in [0.5, 0.6) is 0 Å². The van der Waals surface area contributed by atoms with Crippen molar-refractivity contribution in [1.82, 2.24) is 5.32 Å². The fourth-order valence-corrected chi connectivity index (χ4v) is 2.63. The maximum Gasteiger partial charge on any atom is 0.326 e. The summed E-state index contributed by atoms with van der Waals surface area (Å²) in [6.45, 7) is 6.08. The molecule has 1 rings (SSSR count). The van der Waals surface area contributed by atoms with Crippen molar-refractivity contribution in [1.29, 1.82) is 0 Å². The number of aliphatic carboxylic acids is 1. The van der Waals surface area contributed by atoms with E-state index in [0.29, 0.717) is 6.42 Å². The van der Waals surface area contributed by atoms with Gasteiger partial charge in [-0.3, -0.25) is 4.79 Å². The first-order valence-electron chi connectivity index (χ1n) is 6.41. The van der Waals surface area contributed by atoms with E-state index in [1.165, 1.54) is 0 Å². The summed E-state index contributed by atoms with van der Waals surface area (Å²) in [6, 6.07) is -0.733. The summed E-state index contributed by atoms with van der Waals surface area (Å²) in [7, 11) is 0. The van der Waals surface area contributed by atoms with Crippen molar-refractivity contribution in [2.24, 2.45) is 11.3 Å². The Hall–Kier alpha value is -1.06. The largest absolute Gasteiger partial charge is 0.480 e. The Balaban J connectivity index is 2.61. The zero-order valence-electron chi connectivity index (χ0n) is 11.0. The average Bonchev–Trinajstić information content (AvgIpc) is 2.57. The first kappa shape index (κ1) is 14.0. The van der Waals surface area contributed by atoms with Crippen molar-refractivity contribution >= 4 is 11.9 Å². The standard InChI is InChI=1S/C13H23NO3/c1-4-6-10(12(16)17)14-11(15)9-7-5-8-13(9,2)3/h9-10H,4-8H2,1-3H3,(H,14,15)(H,16,17)/t9?,10-/m1/s1. The number of carboxylic acid groups (broad SMARTS) is 1. The van der Waals surface area contributed by atoms with Crippen molar-refractivity contribution in [2.45, 2.75) is 58.9 Å². The highest BCUT2D eigenvalue weighted by Gasteiger charge is 2.40. The molecule has 98 valence electrons. The third-order valence-electron chi connectivity index (χ3n) is 3.77. The first-order valence-corrected chi connectivity index (χ1v) is 6.41. The lowest BCUT2D eigenvalue weighted by Gasteiger charge is -2.27. The van der Waals surface area contributed by atoms with Crippen LogP contribution < -0.4 is 5.32 Å². The highest BCUT2D eigenvalue weighted by Crippen LogP contribution is 2.42. The molecule has 1 amide bonds. The third-order valence-corrected chi connectivity index (χ3v) is 3.77. The Morgan fingerprint density at radius 1 is 1.47 bits per heavy atom. The fraction of sp³-hybridized carbons (Fsp3) is 0.846. The van der Waals surface area contributed by atoms with Gasteiger partial charge >= 0.3 is 5.97 Å². The van der Waals surface area contributed by atoms with Gasteiger partial charge in [0.1, 0.15) is 6.04 Å². The lowest BCUT2D eigenvalue weighted by molar-refractivity contribution is -0.143. The summed E-state index contributed by atoms with van der Waals surface area (Å²) in [5.74, 6) is -1.06. The van der Waals surface area contributed by atoms with Crippen molar-refractivity contribution in [3.05, 3.63) is 0 Å². The van der Waals surface area contributed by atoms with Gasteiger partial charge in [-0.25, -0.2) is 4.79 Å². The van der Waals surface area contributed by atoms with Gasteiger partial charge in [-0.15, -0.1) is 0 Å². The molecule has 1 aliphatic carbocycles. The van der Waals surface area contributed by atoms with Gasteiger partial charge in [-0.1, -0.05) is 33.6 Å². The van der Waals surface area contributed by atoms with E-state index in [4.69, 9.17) is 5.11 Å². The van der Waals surface area contributed by atoms with Crippen LogP contribution in [0.15, 0.2) is 0 Å². The van der Waals surface area contributed by atoms with Gasteiger partial charge in [0.25, 0.3) is 0 Å². The molecule has 0 aromatic heterocycles. The molecular weight excluding hydrogens is 218 g/mol. The number of hydrogen-bond donors (Lipinski definition) is 2. The van der Waals surface area contributed by atoms with E-state index in [0.717, 1.165) is 25.7 Å². The lowest BCUT2D eigenvalue weighted by atomic mass is 9.81. The van der Waals surface area contributed by atoms with E-state index in [-0.39, 0.29) is 17.2 Å². The molecule has 0 aromatic carbocycles. The van der Waals surface area contributed by atoms with Crippen LogP contribution in [0.3, 0.4) is 0 Å². The van der Waals surface area contributed by atoms with Crippen LogP contribution in [0.25, 0.3) is 0 Å². The Kier molecular flexibility index (Phi) is 4.54. The number of carbonyl (C=O) groups is 2. The first-order chi connectivity index (χ1) is 7.88. The summed E-state index contributed by atoms with van der Waals surface area (Å²) in [5.41, 5.74) is -0.000644. The van der Waals surface area contributed by atoms with Gasteiger partial charge < -0.3 is 10.4 Å². The zero-order chi connectivity index (χ0) is 13.1. The van der Waals surface area contributed by atoms with E-state index in [9.17, 15) is 9.59 Å².